The maximum absolute atomic E-state index is 11.7. The van der Waals surface area contributed by atoms with Crippen LogP contribution in [0.25, 0.3) is 0 Å². The minimum absolute atomic E-state index is 0.0652. The number of nitrogens with one attached hydrogen (secondary N) is 3. The SMILES string of the molecule is CN(C)C(=O)N[C@H](NC(=S)Nc1c(Cl)cccc1Cl)C(Cl)(Cl)Cl. The number of benzene rings is 1. The number of urea groups is 1. The molecule has 0 heterocycles. The van der Waals surface area contributed by atoms with E-state index in [1.165, 1.54) is 4.90 Å². The molecule has 0 saturated heterocycles. The van der Waals surface area contributed by atoms with Crippen molar-refractivity contribution in [1.82, 2.24) is 15.5 Å². The number of carbonyl (C=O) groups excluding carboxylic acids is 1. The molecule has 0 aliphatic carbocycles. The molecule has 0 aromatic heterocycles. The second kappa shape index (κ2) is 8.65. The van der Waals surface area contributed by atoms with Crippen LogP contribution < -0.4 is 16.0 Å². The Morgan fingerprint density at radius 2 is 1.70 bits per heavy atom. The third kappa shape index (κ3) is 6.57. The third-order valence-electron chi connectivity index (χ3n) is 2.48. The van der Waals surface area contributed by atoms with Crippen LogP contribution in [0.15, 0.2) is 18.2 Å². The van der Waals surface area contributed by atoms with E-state index in [2.05, 4.69) is 16.0 Å². The molecule has 0 spiro atoms. The number of hydrogen-bond donors (Lipinski definition) is 3. The quantitative estimate of drug-likeness (QED) is 0.375. The van der Waals surface area contributed by atoms with Gasteiger partial charge in [0.05, 0.1) is 15.7 Å². The largest absolute Gasteiger partial charge is 0.339 e. The highest BCUT2D eigenvalue weighted by molar-refractivity contribution is 7.80. The van der Waals surface area contributed by atoms with Gasteiger partial charge in [0.25, 0.3) is 0 Å². The Labute approximate surface area is 164 Å². The van der Waals surface area contributed by atoms with Crippen molar-refractivity contribution in [2.45, 2.75) is 9.96 Å². The molecule has 1 aromatic carbocycles. The van der Waals surface area contributed by atoms with Gasteiger partial charge in [-0.2, -0.15) is 0 Å². The Bertz CT molecular complexity index is 573. The Kier molecular flexibility index (Phi) is 7.77. The van der Waals surface area contributed by atoms with Crippen molar-refractivity contribution in [1.29, 1.82) is 0 Å². The van der Waals surface area contributed by atoms with Gasteiger partial charge >= 0.3 is 6.03 Å². The van der Waals surface area contributed by atoms with Gasteiger partial charge in [-0.05, 0) is 24.4 Å². The lowest BCUT2D eigenvalue weighted by molar-refractivity contribution is 0.212. The first kappa shape index (κ1) is 20.7. The fraction of sp³-hybridized carbons (Fsp3) is 0.333. The molecule has 1 atom stereocenters. The van der Waals surface area contributed by atoms with Crippen molar-refractivity contribution < 1.29 is 4.79 Å². The zero-order chi connectivity index (χ0) is 17.8. The van der Waals surface area contributed by atoms with Gasteiger partial charge in [-0.3, -0.25) is 0 Å². The number of hydrogen-bond acceptors (Lipinski definition) is 2. The van der Waals surface area contributed by atoms with E-state index < -0.39 is 16.0 Å². The van der Waals surface area contributed by atoms with Gasteiger partial charge in [-0.25, -0.2) is 4.79 Å². The number of para-hydroxylation sites is 1. The fourth-order valence-corrected chi connectivity index (χ4v) is 2.39. The van der Waals surface area contributed by atoms with Crippen molar-refractivity contribution in [2.24, 2.45) is 0 Å². The van der Waals surface area contributed by atoms with Crippen molar-refractivity contribution >= 4 is 87.1 Å². The van der Waals surface area contributed by atoms with E-state index >= 15 is 0 Å². The van der Waals surface area contributed by atoms with Gasteiger partial charge < -0.3 is 20.9 Å². The van der Waals surface area contributed by atoms with E-state index in [0.29, 0.717) is 15.7 Å². The maximum atomic E-state index is 11.7. The lowest BCUT2D eigenvalue weighted by Gasteiger charge is -2.29. The van der Waals surface area contributed by atoms with Gasteiger partial charge in [-0.1, -0.05) is 64.1 Å². The van der Waals surface area contributed by atoms with Crippen LogP contribution in [0.5, 0.6) is 0 Å². The summed E-state index contributed by atoms with van der Waals surface area (Å²) in [4.78, 5) is 13.0. The van der Waals surface area contributed by atoms with Crippen LogP contribution in [-0.2, 0) is 0 Å². The van der Waals surface area contributed by atoms with Gasteiger partial charge in [0.2, 0.25) is 3.79 Å². The molecule has 2 amide bonds. The van der Waals surface area contributed by atoms with Crippen molar-refractivity contribution in [3.63, 3.8) is 0 Å². The Morgan fingerprint density at radius 1 is 1.17 bits per heavy atom. The van der Waals surface area contributed by atoms with Gasteiger partial charge in [0.15, 0.2) is 11.3 Å². The number of alkyl halides is 3. The third-order valence-corrected chi connectivity index (χ3v) is 3.98. The molecule has 11 heteroatoms. The molecule has 128 valence electrons. The summed E-state index contributed by atoms with van der Waals surface area (Å²) in [6, 6.07) is 4.50. The molecule has 0 aliphatic rings. The number of rotatable bonds is 3. The molecular weight excluding hydrogens is 425 g/mol. The summed E-state index contributed by atoms with van der Waals surface area (Å²) in [6.07, 6.45) is -1.08. The molecule has 5 nitrogen and oxygen atoms in total. The molecule has 0 saturated carbocycles. The average Bonchev–Trinajstić information content (AvgIpc) is 2.41. The molecule has 0 radical (unpaired) electrons. The van der Waals surface area contributed by atoms with Crippen LogP contribution in [-0.4, -0.2) is 40.1 Å². The number of anilines is 1. The van der Waals surface area contributed by atoms with E-state index in [1.54, 1.807) is 32.3 Å². The van der Waals surface area contributed by atoms with Crippen LogP contribution in [0, 0.1) is 0 Å². The van der Waals surface area contributed by atoms with Gasteiger partial charge in [-0.15, -0.1) is 0 Å². The predicted octanol–water partition coefficient (Wildman–Crippen LogP) is 4.25. The Balaban J connectivity index is 2.84. The molecule has 1 aromatic rings. The first-order valence-electron chi connectivity index (χ1n) is 6.08. The topological polar surface area (TPSA) is 56.4 Å². The molecular formula is C12H13Cl5N4OS. The van der Waals surface area contributed by atoms with Crippen LogP contribution in [0.3, 0.4) is 0 Å². The summed E-state index contributed by atoms with van der Waals surface area (Å²) in [7, 11) is 3.09. The monoisotopic (exact) mass is 436 g/mol. The summed E-state index contributed by atoms with van der Waals surface area (Å²) in [6.45, 7) is 0. The molecule has 1 rings (SSSR count). The zero-order valence-electron chi connectivity index (χ0n) is 12.0. The normalized spacial score (nSPS) is 12.3. The Hall–Kier alpha value is -0.370. The molecule has 0 unspecified atom stereocenters. The highest BCUT2D eigenvalue weighted by Gasteiger charge is 2.35. The first-order chi connectivity index (χ1) is 10.5. The van der Waals surface area contributed by atoms with Crippen LogP contribution in [0.2, 0.25) is 10.0 Å². The Morgan fingerprint density at radius 3 is 2.13 bits per heavy atom. The summed E-state index contributed by atoms with van der Waals surface area (Å²) < 4.78 is -1.85. The van der Waals surface area contributed by atoms with Gasteiger partial charge in [0.1, 0.15) is 0 Å². The van der Waals surface area contributed by atoms with Crippen LogP contribution >= 0.6 is 70.2 Å². The van der Waals surface area contributed by atoms with E-state index in [4.69, 9.17) is 70.2 Å². The highest BCUT2D eigenvalue weighted by atomic mass is 35.6. The summed E-state index contributed by atoms with van der Waals surface area (Å²) in [5.74, 6) is 0. The number of nitrogens with zero attached hydrogens (tertiary/aromatic N) is 1. The number of thiocarbonyl (C=S) groups is 1. The van der Waals surface area contributed by atoms with E-state index in [0.717, 1.165) is 0 Å². The van der Waals surface area contributed by atoms with E-state index in [9.17, 15) is 4.79 Å². The van der Waals surface area contributed by atoms with Crippen molar-refractivity contribution in [3.8, 4) is 0 Å². The second-order valence-corrected chi connectivity index (χ2v) is 8.11. The van der Waals surface area contributed by atoms with E-state index in [1.807, 2.05) is 0 Å². The van der Waals surface area contributed by atoms with Crippen LogP contribution in [0.4, 0.5) is 10.5 Å². The number of halogens is 5. The molecule has 0 fully saturated rings. The minimum atomic E-state index is -1.85. The van der Waals surface area contributed by atoms with Crippen molar-refractivity contribution in [3.05, 3.63) is 28.2 Å². The zero-order valence-corrected chi connectivity index (χ0v) is 16.6. The average molecular weight is 439 g/mol. The summed E-state index contributed by atoms with van der Waals surface area (Å²) in [5, 5.41) is 8.78. The summed E-state index contributed by atoms with van der Waals surface area (Å²) >= 11 is 34.8. The second-order valence-electron chi connectivity index (χ2n) is 4.51. The fourth-order valence-electron chi connectivity index (χ4n) is 1.35. The predicted molar refractivity (Wildman–Crippen MR) is 102 cm³/mol. The molecule has 3 N–H and O–H groups in total. The summed E-state index contributed by atoms with van der Waals surface area (Å²) in [5.41, 5.74) is 0.398. The lowest BCUT2D eigenvalue weighted by Crippen LogP contribution is -2.57. The van der Waals surface area contributed by atoms with Gasteiger partial charge in [0, 0.05) is 14.1 Å². The van der Waals surface area contributed by atoms with Crippen molar-refractivity contribution in [2.75, 3.05) is 19.4 Å². The number of amides is 2. The lowest BCUT2D eigenvalue weighted by atomic mass is 10.3. The first-order valence-corrected chi connectivity index (χ1v) is 8.38. The molecule has 0 bridgehead atoms. The number of carbonyl (C=O) groups is 1. The minimum Gasteiger partial charge on any atom is -0.339 e. The highest BCUT2D eigenvalue weighted by Crippen LogP contribution is 2.31. The maximum Gasteiger partial charge on any atom is 0.318 e. The smallest absolute Gasteiger partial charge is 0.318 e. The van der Waals surface area contributed by atoms with E-state index in [-0.39, 0.29) is 5.11 Å². The molecule has 0 aliphatic heterocycles. The standard InChI is InChI=1S/C12H13Cl5N4OS/c1-21(2)11(22)20-9(12(15,16)17)19-10(23)18-8-6(13)4-3-5-7(8)14/h3-5,9H,1-2H3,(H,20,22)(H2,18,19,23)/t9-/m0/s1. The van der Waals surface area contributed by atoms with Crippen LogP contribution in [0.1, 0.15) is 0 Å². The molecule has 23 heavy (non-hydrogen) atoms.